The van der Waals surface area contributed by atoms with E-state index in [0.29, 0.717) is 0 Å². The minimum atomic E-state index is -0.793. The van der Waals surface area contributed by atoms with Crippen molar-refractivity contribution < 1.29 is 9.90 Å². The molecular formula is C14H18N2O2. The summed E-state index contributed by atoms with van der Waals surface area (Å²) in [6.45, 7) is 4.04. The summed E-state index contributed by atoms with van der Waals surface area (Å²) in [5.41, 5.74) is 2.05. The summed E-state index contributed by atoms with van der Waals surface area (Å²) in [6.07, 6.45) is 1.98. The SMILES string of the molecule is CC(C)NC(CC(=O)O)c1c[nH]c2ccccc12. The number of carbonyl (C=O) groups is 1. The van der Waals surface area contributed by atoms with Crippen LogP contribution in [0.5, 0.6) is 0 Å². The zero-order valence-electron chi connectivity index (χ0n) is 10.6. The lowest BCUT2D eigenvalue weighted by Crippen LogP contribution is -2.29. The molecule has 0 radical (unpaired) electrons. The Morgan fingerprint density at radius 3 is 2.78 bits per heavy atom. The Morgan fingerprint density at radius 1 is 1.39 bits per heavy atom. The second kappa shape index (κ2) is 5.23. The maximum atomic E-state index is 11.0. The molecule has 96 valence electrons. The first kappa shape index (κ1) is 12.6. The fourth-order valence-electron chi connectivity index (χ4n) is 2.22. The maximum absolute atomic E-state index is 11.0. The van der Waals surface area contributed by atoms with Crippen LogP contribution in [0.15, 0.2) is 30.5 Å². The van der Waals surface area contributed by atoms with E-state index < -0.39 is 5.97 Å². The van der Waals surface area contributed by atoms with E-state index in [4.69, 9.17) is 5.11 Å². The molecule has 2 rings (SSSR count). The molecule has 1 aromatic heterocycles. The minimum absolute atomic E-state index is 0.0834. The van der Waals surface area contributed by atoms with Crippen molar-refractivity contribution in [2.45, 2.75) is 32.4 Å². The van der Waals surface area contributed by atoms with Gasteiger partial charge in [0.2, 0.25) is 0 Å². The molecule has 1 aromatic carbocycles. The van der Waals surface area contributed by atoms with E-state index in [9.17, 15) is 4.79 Å². The number of fused-ring (bicyclic) bond motifs is 1. The number of hydrogen-bond donors (Lipinski definition) is 3. The van der Waals surface area contributed by atoms with Crippen molar-refractivity contribution in [2.75, 3.05) is 0 Å². The van der Waals surface area contributed by atoms with E-state index in [2.05, 4.69) is 10.3 Å². The third-order valence-corrected chi connectivity index (χ3v) is 2.91. The number of aromatic nitrogens is 1. The van der Waals surface area contributed by atoms with Crippen LogP contribution in [0.25, 0.3) is 10.9 Å². The summed E-state index contributed by atoms with van der Waals surface area (Å²) in [4.78, 5) is 14.2. The average molecular weight is 246 g/mol. The Morgan fingerprint density at radius 2 is 2.11 bits per heavy atom. The molecular weight excluding hydrogens is 228 g/mol. The van der Waals surface area contributed by atoms with Gasteiger partial charge in [0.05, 0.1) is 6.42 Å². The van der Waals surface area contributed by atoms with Crippen LogP contribution in [0.4, 0.5) is 0 Å². The molecule has 3 N–H and O–H groups in total. The van der Waals surface area contributed by atoms with Crippen molar-refractivity contribution in [3.8, 4) is 0 Å². The Labute approximate surface area is 106 Å². The summed E-state index contributed by atoms with van der Waals surface area (Å²) in [7, 11) is 0. The van der Waals surface area contributed by atoms with Crippen LogP contribution in [-0.2, 0) is 4.79 Å². The minimum Gasteiger partial charge on any atom is -0.481 e. The number of nitrogens with one attached hydrogen (secondary N) is 2. The molecule has 0 bridgehead atoms. The Balaban J connectivity index is 2.37. The van der Waals surface area contributed by atoms with Gasteiger partial charge in [0.1, 0.15) is 0 Å². The van der Waals surface area contributed by atoms with Gasteiger partial charge >= 0.3 is 5.97 Å². The van der Waals surface area contributed by atoms with Crippen LogP contribution < -0.4 is 5.32 Å². The molecule has 1 unspecified atom stereocenters. The lowest BCUT2D eigenvalue weighted by atomic mass is 10.0. The van der Waals surface area contributed by atoms with E-state index >= 15 is 0 Å². The molecule has 0 amide bonds. The van der Waals surface area contributed by atoms with Crippen molar-refractivity contribution in [1.82, 2.24) is 10.3 Å². The number of carboxylic acids is 1. The molecule has 0 saturated carbocycles. The fourth-order valence-corrected chi connectivity index (χ4v) is 2.22. The van der Waals surface area contributed by atoms with E-state index in [0.717, 1.165) is 16.5 Å². The van der Waals surface area contributed by atoms with Gasteiger partial charge in [-0.15, -0.1) is 0 Å². The van der Waals surface area contributed by atoms with Crippen LogP contribution >= 0.6 is 0 Å². The van der Waals surface area contributed by atoms with Crippen LogP contribution in [0.2, 0.25) is 0 Å². The molecule has 0 fully saturated rings. The molecule has 18 heavy (non-hydrogen) atoms. The maximum Gasteiger partial charge on any atom is 0.305 e. The monoisotopic (exact) mass is 246 g/mol. The Kier molecular flexibility index (Phi) is 3.67. The van der Waals surface area contributed by atoms with Gasteiger partial charge in [-0.1, -0.05) is 32.0 Å². The zero-order chi connectivity index (χ0) is 13.1. The second-order valence-corrected chi connectivity index (χ2v) is 4.76. The van der Waals surface area contributed by atoms with Gasteiger partial charge in [-0.2, -0.15) is 0 Å². The van der Waals surface area contributed by atoms with Crippen LogP contribution in [0, 0.1) is 0 Å². The summed E-state index contributed by atoms with van der Waals surface area (Å²) in [5, 5.41) is 13.4. The topological polar surface area (TPSA) is 65.1 Å². The highest BCUT2D eigenvalue weighted by atomic mass is 16.4. The van der Waals surface area contributed by atoms with Gasteiger partial charge in [0.25, 0.3) is 0 Å². The molecule has 4 heteroatoms. The number of para-hydroxylation sites is 1. The third-order valence-electron chi connectivity index (χ3n) is 2.91. The van der Waals surface area contributed by atoms with Crippen LogP contribution in [-0.4, -0.2) is 22.1 Å². The van der Waals surface area contributed by atoms with Crippen molar-refractivity contribution in [2.24, 2.45) is 0 Å². The molecule has 0 aliphatic heterocycles. The predicted octanol–water partition coefficient (Wildman–Crippen LogP) is 2.68. The third kappa shape index (κ3) is 2.71. The first-order valence-corrected chi connectivity index (χ1v) is 6.11. The largest absolute Gasteiger partial charge is 0.481 e. The highest BCUT2D eigenvalue weighted by Crippen LogP contribution is 2.26. The van der Waals surface area contributed by atoms with Gasteiger partial charge in [0, 0.05) is 29.2 Å². The summed E-state index contributed by atoms with van der Waals surface area (Å²) in [5.74, 6) is -0.793. The van der Waals surface area contributed by atoms with Gasteiger partial charge in [-0.05, 0) is 11.6 Å². The predicted molar refractivity (Wildman–Crippen MR) is 71.6 cm³/mol. The Hall–Kier alpha value is -1.81. The highest BCUT2D eigenvalue weighted by molar-refractivity contribution is 5.84. The molecule has 0 spiro atoms. The van der Waals surface area contributed by atoms with Gasteiger partial charge in [-0.3, -0.25) is 4.79 Å². The van der Waals surface area contributed by atoms with E-state index in [-0.39, 0.29) is 18.5 Å². The highest BCUT2D eigenvalue weighted by Gasteiger charge is 2.19. The quantitative estimate of drug-likeness (QED) is 0.760. The zero-order valence-corrected chi connectivity index (χ0v) is 10.6. The number of carboxylic acid groups (broad SMARTS) is 1. The standard InChI is InChI=1S/C14H18N2O2/c1-9(2)16-13(7-14(17)18)11-8-15-12-6-4-3-5-10(11)12/h3-6,8-9,13,15-16H,7H2,1-2H3,(H,17,18). The molecule has 4 nitrogen and oxygen atoms in total. The van der Waals surface area contributed by atoms with Crippen molar-refractivity contribution in [1.29, 1.82) is 0 Å². The second-order valence-electron chi connectivity index (χ2n) is 4.76. The number of aromatic amines is 1. The smallest absolute Gasteiger partial charge is 0.305 e. The van der Waals surface area contributed by atoms with Gasteiger partial charge < -0.3 is 15.4 Å². The lowest BCUT2D eigenvalue weighted by Gasteiger charge is -2.19. The molecule has 1 heterocycles. The van der Waals surface area contributed by atoms with Crippen molar-refractivity contribution in [3.05, 3.63) is 36.0 Å². The summed E-state index contributed by atoms with van der Waals surface area (Å²) in [6, 6.07) is 8.00. The summed E-state index contributed by atoms with van der Waals surface area (Å²) >= 11 is 0. The molecule has 0 aliphatic rings. The first-order valence-electron chi connectivity index (χ1n) is 6.11. The number of aliphatic carboxylic acids is 1. The van der Waals surface area contributed by atoms with Crippen molar-refractivity contribution in [3.63, 3.8) is 0 Å². The Bertz CT molecular complexity index is 545. The van der Waals surface area contributed by atoms with Gasteiger partial charge in [-0.25, -0.2) is 0 Å². The number of hydrogen-bond acceptors (Lipinski definition) is 2. The molecule has 0 aliphatic carbocycles. The number of benzene rings is 1. The van der Waals surface area contributed by atoms with Crippen LogP contribution in [0.1, 0.15) is 31.9 Å². The van der Waals surface area contributed by atoms with Crippen LogP contribution in [0.3, 0.4) is 0 Å². The van der Waals surface area contributed by atoms with E-state index in [1.807, 2.05) is 44.3 Å². The normalized spacial score (nSPS) is 13.1. The number of H-pyrrole nitrogens is 1. The number of rotatable bonds is 5. The first-order chi connectivity index (χ1) is 8.58. The molecule has 0 saturated heterocycles. The fraction of sp³-hybridized carbons (Fsp3) is 0.357. The van der Waals surface area contributed by atoms with E-state index in [1.54, 1.807) is 0 Å². The summed E-state index contributed by atoms with van der Waals surface area (Å²) < 4.78 is 0. The molecule has 1 atom stereocenters. The molecule has 2 aromatic rings. The average Bonchev–Trinajstić information content (AvgIpc) is 2.70. The van der Waals surface area contributed by atoms with E-state index in [1.165, 1.54) is 0 Å². The van der Waals surface area contributed by atoms with Gasteiger partial charge in [0.15, 0.2) is 0 Å². The lowest BCUT2D eigenvalue weighted by molar-refractivity contribution is -0.137. The van der Waals surface area contributed by atoms with Crippen molar-refractivity contribution >= 4 is 16.9 Å².